The molecule has 0 aliphatic heterocycles. The van der Waals surface area contributed by atoms with E-state index in [0.717, 1.165) is 64.2 Å². The second-order valence-electron chi connectivity index (χ2n) is 19.2. The Morgan fingerprint density at radius 1 is 0.437 bits per heavy atom. The summed E-state index contributed by atoms with van der Waals surface area (Å²) in [7, 11) is 5.32. The van der Waals surface area contributed by atoms with Crippen LogP contribution in [0, 0.1) is 17.8 Å². The van der Waals surface area contributed by atoms with Gasteiger partial charge < -0.3 is 0 Å². The molecule has 0 bridgehead atoms. The van der Waals surface area contributed by atoms with E-state index in [1.165, 1.54) is 12.1 Å². The fraction of sp³-hybridized carbons (Fsp3) is 0.564. The van der Waals surface area contributed by atoms with E-state index < -0.39 is 50.0 Å². The van der Waals surface area contributed by atoms with Gasteiger partial charge in [-0.15, -0.1) is 0 Å². The third kappa shape index (κ3) is 22.5. The van der Waals surface area contributed by atoms with Crippen molar-refractivity contribution in [1.29, 1.82) is 0 Å². The van der Waals surface area contributed by atoms with Crippen LogP contribution < -0.4 is 0 Å². The monoisotopic (exact) mass is 1150 g/mol. The molecule has 392 valence electrons. The summed E-state index contributed by atoms with van der Waals surface area (Å²) < 4.78 is 17.1. The Bertz CT molecular complexity index is 2190. The van der Waals surface area contributed by atoms with Crippen molar-refractivity contribution in [2.45, 2.75) is 143 Å². The fourth-order valence-electron chi connectivity index (χ4n) is 8.07. The van der Waals surface area contributed by atoms with Crippen LogP contribution in [0.2, 0.25) is 4.94 Å². The minimum absolute atomic E-state index is 0.0169. The Morgan fingerprint density at radius 3 is 1.11 bits per heavy atom. The first-order chi connectivity index (χ1) is 33.8. The van der Waals surface area contributed by atoms with E-state index in [1.54, 1.807) is 63.2 Å². The van der Waals surface area contributed by atoms with E-state index in [9.17, 15) is 44.1 Å². The molecule has 71 heavy (non-hydrogen) atoms. The number of unbranched alkanes of at least 4 members (excludes halogenated alkanes) is 6. The van der Waals surface area contributed by atoms with Crippen LogP contribution in [0.4, 0.5) is 0 Å². The second-order valence-corrected chi connectivity index (χ2v) is 55.3. The third-order valence-electron chi connectivity index (χ3n) is 11.9. The van der Waals surface area contributed by atoms with E-state index >= 15 is 0 Å². The maximum atomic E-state index is 13.9. The van der Waals surface area contributed by atoms with Gasteiger partial charge in [0.25, 0.3) is 0 Å². The number of aryl methyl sites for hydroxylation is 3. The van der Waals surface area contributed by atoms with Crippen LogP contribution in [0.15, 0.2) is 54.6 Å². The van der Waals surface area contributed by atoms with Crippen LogP contribution in [0.3, 0.4) is 0 Å². The van der Waals surface area contributed by atoms with Crippen LogP contribution >= 0.6 is 26.8 Å². The molecule has 1 atom stereocenters. The van der Waals surface area contributed by atoms with Gasteiger partial charge in [0, 0.05) is 0 Å². The van der Waals surface area contributed by atoms with Gasteiger partial charge in [0.05, 0.1) is 0 Å². The topological polar surface area (TPSA) is 191 Å². The molecule has 0 saturated carbocycles. The molecule has 3 aromatic carbocycles. The predicted octanol–water partition coefficient (Wildman–Crippen LogP) is 13.7. The van der Waals surface area contributed by atoms with E-state index in [2.05, 4.69) is 46.5 Å². The van der Waals surface area contributed by atoms with Gasteiger partial charge in [-0.3, -0.25) is 0 Å². The molecule has 0 aliphatic rings. The molecule has 1 unspecified atom stereocenters. The standard InChI is InChI=1S/C26H42O4S.C18H26O4S.C10H10O4S.CH3.Sn/c1-20(2)12-7-5-9-17-29-25(27)23-15-11-14-22(16-19-31)24(23)26(28)30-18-10-6-8-13-21(3)4;1-13(2)7-4-3-5-11-22-18(21)15-9-6-8-14(10-12-23)16(15)17(19)20;11-9(12)7-3-1-2-6(4-5-15)8(7)10(13)14;;/h11,14-15,20-21,31H,5-10,12-13,16-19H2,1-4H3;6,8-9,13,23H,3-5,7,10-12H2,1-2H3,(H,19,20);1-3,15H,4-5H2,(H,11,12)(H,13,14);1H3;/q;;;;+3/p-3. The van der Waals surface area contributed by atoms with Crippen molar-refractivity contribution in [3.05, 3.63) is 105 Å². The SMILES string of the molecule is CC(C)CCCCCOC(=O)c1cccc(CC[S][Sn]([CH3])([S]CCc2cccc(C(=O)O)c2C(=O)O)[S]CCc2cccc(C(=O)OCCCCCC(C)C)c2C(=O)OCCCCCC(C)C)c1C(=O)O. The first kappa shape index (κ1) is 61.6. The van der Waals surface area contributed by atoms with Crippen molar-refractivity contribution in [2.75, 3.05) is 37.1 Å². The number of carbonyl (C=O) groups is 6. The maximum absolute atomic E-state index is 13.9. The summed E-state index contributed by atoms with van der Waals surface area (Å²) in [5.41, 5.74) is 1.42. The van der Waals surface area contributed by atoms with Gasteiger partial charge in [0.15, 0.2) is 0 Å². The third-order valence-corrected chi connectivity index (χ3v) is 47.7. The van der Waals surface area contributed by atoms with Crippen LogP contribution in [-0.2, 0) is 33.5 Å². The zero-order valence-corrected chi connectivity index (χ0v) is 48.3. The van der Waals surface area contributed by atoms with E-state index in [1.807, 2.05) is 6.07 Å². The summed E-state index contributed by atoms with van der Waals surface area (Å²) in [4.78, 5) is 80.0. The summed E-state index contributed by atoms with van der Waals surface area (Å²) in [6.45, 7) is 13.7. The van der Waals surface area contributed by atoms with Gasteiger partial charge in [-0.05, 0) is 17.8 Å². The molecular weight excluding hydrogens is 1070 g/mol. The number of carbonyl (C=O) groups excluding carboxylic acids is 3. The van der Waals surface area contributed by atoms with Crippen molar-refractivity contribution in [3.63, 3.8) is 0 Å². The van der Waals surface area contributed by atoms with Gasteiger partial charge in [-0.2, -0.15) is 0 Å². The number of ether oxygens (including phenoxy) is 3. The zero-order chi connectivity index (χ0) is 52.3. The quantitative estimate of drug-likeness (QED) is 0.0215. The average molecular weight is 1150 g/mol. The van der Waals surface area contributed by atoms with Gasteiger partial charge in [-0.1, -0.05) is 54.4 Å². The number of rotatable bonds is 36. The predicted molar refractivity (Wildman–Crippen MR) is 291 cm³/mol. The first-order valence-electron chi connectivity index (χ1n) is 25.3. The number of hydrogen-bond acceptors (Lipinski definition) is 12. The molecular formula is C55H78O12S3Sn. The number of hydrogen-bond donors (Lipinski definition) is 3. The number of benzene rings is 3. The normalized spacial score (nSPS) is 12.3. The number of carboxylic acids is 3. The zero-order valence-electron chi connectivity index (χ0n) is 43.0. The molecule has 0 saturated heterocycles. The van der Waals surface area contributed by atoms with Crippen molar-refractivity contribution in [1.82, 2.24) is 0 Å². The number of esters is 3. The van der Waals surface area contributed by atoms with Crippen LogP contribution in [0.25, 0.3) is 0 Å². The van der Waals surface area contributed by atoms with Crippen LogP contribution in [-0.4, -0.2) is 102 Å². The Kier molecular flexibility index (Phi) is 28.8. The molecule has 3 rings (SSSR count). The summed E-state index contributed by atoms with van der Waals surface area (Å²) in [6.07, 6.45) is 12.4. The van der Waals surface area contributed by atoms with Gasteiger partial charge in [0.1, 0.15) is 0 Å². The molecule has 0 amide bonds. The number of carboxylic acid groups (broad SMARTS) is 3. The Labute approximate surface area is 434 Å². The van der Waals surface area contributed by atoms with Crippen molar-refractivity contribution >= 4 is 76.9 Å². The van der Waals surface area contributed by atoms with E-state index in [4.69, 9.17) is 14.2 Å². The Hall–Kier alpha value is -3.67. The summed E-state index contributed by atoms with van der Waals surface area (Å²) in [5, 5.41) is 30.1. The minimum atomic E-state index is -3.49. The number of aromatic carboxylic acids is 3. The van der Waals surface area contributed by atoms with Crippen molar-refractivity contribution in [2.24, 2.45) is 17.8 Å². The summed E-state index contributed by atoms with van der Waals surface area (Å²) >= 11 is -3.49. The molecule has 0 spiro atoms. The molecule has 0 radical (unpaired) electrons. The van der Waals surface area contributed by atoms with Gasteiger partial charge >= 0.3 is 365 Å². The van der Waals surface area contributed by atoms with E-state index in [0.29, 0.717) is 83.8 Å². The molecule has 0 aromatic heterocycles. The van der Waals surface area contributed by atoms with E-state index in [-0.39, 0.29) is 53.2 Å². The van der Waals surface area contributed by atoms with Crippen LogP contribution in [0.5, 0.6) is 0 Å². The first-order valence-corrected chi connectivity index (χ1v) is 41.6. The molecule has 0 heterocycles. The fourth-order valence-corrected chi connectivity index (χ4v) is 39.8. The molecule has 16 heteroatoms. The Morgan fingerprint density at radius 2 is 0.761 bits per heavy atom. The molecule has 0 fully saturated rings. The summed E-state index contributed by atoms with van der Waals surface area (Å²) in [5.74, 6) is -2.24. The van der Waals surface area contributed by atoms with Crippen LogP contribution in [0.1, 0.15) is 197 Å². The average Bonchev–Trinajstić information content (AvgIpc) is 3.31. The summed E-state index contributed by atoms with van der Waals surface area (Å²) in [6, 6.07) is 14.6. The van der Waals surface area contributed by atoms with Crippen molar-refractivity contribution < 1.29 is 58.3 Å². The Balaban J connectivity index is 1.87. The molecule has 3 N–H and O–H groups in total. The van der Waals surface area contributed by atoms with Gasteiger partial charge in [0.2, 0.25) is 0 Å². The van der Waals surface area contributed by atoms with Crippen molar-refractivity contribution in [3.8, 4) is 0 Å². The molecule has 3 aromatic rings. The molecule has 12 nitrogen and oxygen atoms in total. The second kappa shape index (κ2) is 33.2. The van der Waals surface area contributed by atoms with Gasteiger partial charge in [-0.25, -0.2) is 0 Å². The molecule has 0 aliphatic carbocycles.